The van der Waals surface area contributed by atoms with Crippen LogP contribution in [0.25, 0.3) is 22.3 Å². The van der Waals surface area contributed by atoms with Crippen molar-refractivity contribution in [1.29, 1.82) is 0 Å². The number of morpholine rings is 1. The quantitative estimate of drug-likeness (QED) is 0.717. The van der Waals surface area contributed by atoms with Gasteiger partial charge in [-0.25, -0.2) is 4.98 Å². The molecular weight excluding hydrogens is 312 g/mol. The van der Waals surface area contributed by atoms with Crippen molar-refractivity contribution in [2.75, 3.05) is 26.3 Å². The molecule has 3 aromatic rings. The Morgan fingerprint density at radius 2 is 2.00 bits per heavy atom. The van der Waals surface area contributed by atoms with Crippen LogP contribution < -0.4 is 0 Å². The fourth-order valence-corrected chi connectivity index (χ4v) is 3.81. The average Bonchev–Trinajstić information content (AvgIpc) is 3.27. The highest BCUT2D eigenvalue weighted by molar-refractivity contribution is 5.84. The van der Waals surface area contributed by atoms with Gasteiger partial charge < -0.3 is 13.9 Å². The first-order valence-corrected chi connectivity index (χ1v) is 9.14. The molecule has 25 heavy (non-hydrogen) atoms. The highest BCUT2D eigenvalue weighted by Gasteiger charge is 2.21. The fraction of sp³-hybridized carbons (Fsp3) is 0.450. The summed E-state index contributed by atoms with van der Waals surface area (Å²) in [4.78, 5) is 7.19. The van der Waals surface area contributed by atoms with E-state index in [9.17, 15) is 0 Å². The van der Waals surface area contributed by atoms with E-state index in [4.69, 9.17) is 4.74 Å². The summed E-state index contributed by atoms with van der Waals surface area (Å²) in [6, 6.07) is 9.29. The van der Waals surface area contributed by atoms with Gasteiger partial charge in [-0.15, -0.1) is 0 Å². The molecule has 0 saturated carbocycles. The molecule has 1 saturated heterocycles. The summed E-state index contributed by atoms with van der Waals surface area (Å²) in [6.07, 6.45) is 7.26. The van der Waals surface area contributed by atoms with Crippen LogP contribution in [0.15, 0.2) is 42.9 Å². The first kappa shape index (κ1) is 16.4. The Morgan fingerprint density at radius 3 is 2.80 bits per heavy atom. The summed E-state index contributed by atoms with van der Waals surface area (Å²) >= 11 is 0. The van der Waals surface area contributed by atoms with Gasteiger partial charge >= 0.3 is 0 Å². The predicted octanol–water partition coefficient (Wildman–Crippen LogP) is 3.15. The molecule has 1 fully saturated rings. The van der Waals surface area contributed by atoms with Gasteiger partial charge in [0.25, 0.3) is 0 Å². The lowest BCUT2D eigenvalue weighted by Crippen LogP contribution is -2.45. The zero-order valence-corrected chi connectivity index (χ0v) is 15.1. The average molecular weight is 338 g/mol. The van der Waals surface area contributed by atoms with Gasteiger partial charge in [0.1, 0.15) is 5.82 Å². The zero-order chi connectivity index (χ0) is 17.2. The molecule has 5 nitrogen and oxygen atoms in total. The molecule has 0 N–H and O–H groups in total. The molecule has 3 heterocycles. The third-order valence-corrected chi connectivity index (χ3v) is 5.30. The maximum Gasteiger partial charge on any atom is 0.139 e. The molecule has 2 aromatic heterocycles. The summed E-state index contributed by atoms with van der Waals surface area (Å²) < 4.78 is 9.95. The van der Waals surface area contributed by atoms with Crippen molar-refractivity contribution >= 4 is 10.9 Å². The second kappa shape index (κ2) is 7.02. The Kier molecular flexibility index (Phi) is 4.59. The number of benzene rings is 1. The molecule has 132 valence electrons. The number of nitrogens with zero attached hydrogens (tertiary/aromatic N) is 4. The van der Waals surface area contributed by atoms with E-state index >= 15 is 0 Å². The normalized spacial score (nSPS) is 17.2. The monoisotopic (exact) mass is 338 g/mol. The largest absolute Gasteiger partial charge is 0.379 e. The van der Waals surface area contributed by atoms with Gasteiger partial charge in [-0.05, 0) is 30.7 Å². The summed E-state index contributed by atoms with van der Waals surface area (Å²) in [5, 5.41) is 1.26. The molecule has 0 bridgehead atoms. The van der Waals surface area contributed by atoms with Gasteiger partial charge in [-0.3, -0.25) is 4.90 Å². The van der Waals surface area contributed by atoms with Crippen molar-refractivity contribution in [2.24, 2.45) is 7.05 Å². The molecule has 0 spiro atoms. The van der Waals surface area contributed by atoms with E-state index in [-0.39, 0.29) is 0 Å². The highest BCUT2D eigenvalue weighted by Crippen LogP contribution is 2.24. The highest BCUT2D eigenvalue weighted by atomic mass is 16.5. The van der Waals surface area contributed by atoms with E-state index in [0.29, 0.717) is 6.04 Å². The molecule has 1 unspecified atom stereocenters. The minimum absolute atomic E-state index is 0.525. The lowest BCUT2D eigenvalue weighted by atomic mass is 10.1. The van der Waals surface area contributed by atoms with E-state index in [2.05, 4.69) is 69.6 Å². The number of ether oxygens (including phenoxy) is 1. The lowest BCUT2D eigenvalue weighted by molar-refractivity contribution is 0.0122. The van der Waals surface area contributed by atoms with Gasteiger partial charge in [-0.2, -0.15) is 0 Å². The zero-order valence-electron chi connectivity index (χ0n) is 15.1. The number of hydrogen-bond acceptors (Lipinski definition) is 3. The number of rotatable bonds is 5. The van der Waals surface area contributed by atoms with E-state index < -0.39 is 0 Å². The summed E-state index contributed by atoms with van der Waals surface area (Å²) in [7, 11) is 2.08. The van der Waals surface area contributed by atoms with Crippen molar-refractivity contribution in [3.8, 4) is 11.4 Å². The molecule has 1 atom stereocenters. The number of hydrogen-bond donors (Lipinski definition) is 0. The fourth-order valence-electron chi connectivity index (χ4n) is 3.81. The Balaban J connectivity index is 1.60. The minimum atomic E-state index is 0.525. The second-order valence-corrected chi connectivity index (χ2v) is 6.81. The van der Waals surface area contributed by atoms with Gasteiger partial charge in [0, 0.05) is 67.8 Å². The summed E-state index contributed by atoms with van der Waals surface area (Å²) in [5.41, 5.74) is 2.43. The van der Waals surface area contributed by atoms with Gasteiger partial charge in [0.2, 0.25) is 0 Å². The first-order valence-electron chi connectivity index (χ1n) is 9.14. The third-order valence-electron chi connectivity index (χ3n) is 5.30. The molecule has 1 aliphatic rings. The number of aryl methyl sites for hydroxylation is 1. The van der Waals surface area contributed by atoms with Crippen molar-refractivity contribution in [3.63, 3.8) is 0 Å². The van der Waals surface area contributed by atoms with E-state index in [1.807, 2.05) is 6.20 Å². The van der Waals surface area contributed by atoms with Crippen LogP contribution in [0, 0.1) is 0 Å². The first-order chi connectivity index (χ1) is 12.3. The molecule has 0 radical (unpaired) electrons. The van der Waals surface area contributed by atoms with Crippen LogP contribution >= 0.6 is 0 Å². The van der Waals surface area contributed by atoms with Crippen molar-refractivity contribution < 1.29 is 4.74 Å². The van der Waals surface area contributed by atoms with Crippen LogP contribution in [0.5, 0.6) is 0 Å². The van der Waals surface area contributed by atoms with Crippen LogP contribution in [-0.2, 0) is 18.3 Å². The molecule has 1 aromatic carbocycles. The number of fused-ring (bicyclic) bond motifs is 1. The van der Waals surface area contributed by atoms with Crippen LogP contribution in [0.2, 0.25) is 0 Å². The topological polar surface area (TPSA) is 35.2 Å². The number of aromatic nitrogens is 3. The molecule has 0 amide bonds. The molecular formula is C20H26N4O. The predicted molar refractivity (Wildman–Crippen MR) is 101 cm³/mol. The maximum atomic E-state index is 5.50. The van der Waals surface area contributed by atoms with E-state index in [1.54, 1.807) is 0 Å². The second-order valence-electron chi connectivity index (χ2n) is 6.81. The lowest BCUT2D eigenvalue weighted by Gasteiger charge is -2.34. The minimum Gasteiger partial charge on any atom is -0.379 e. The molecule has 0 aliphatic carbocycles. The molecule has 5 heteroatoms. The summed E-state index contributed by atoms with van der Waals surface area (Å²) in [6.45, 7) is 6.98. The Morgan fingerprint density at radius 1 is 1.16 bits per heavy atom. The molecule has 4 rings (SSSR count). The van der Waals surface area contributed by atoms with Crippen molar-refractivity contribution in [3.05, 3.63) is 42.9 Å². The Labute approximate surface area is 148 Å². The van der Waals surface area contributed by atoms with Crippen LogP contribution in [0.1, 0.15) is 13.3 Å². The van der Waals surface area contributed by atoms with Gasteiger partial charge in [-0.1, -0.05) is 6.92 Å². The standard InChI is InChI=1S/C20H26N4O/c1-3-18(23-10-12-25-13-11-23)15-24-9-7-21-20(24)17-4-5-19-16(14-17)6-8-22(19)2/h4-9,14,18H,3,10-13,15H2,1-2H3. The van der Waals surface area contributed by atoms with Crippen molar-refractivity contribution in [2.45, 2.75) is 25.9 Å². The SMILES string of the molecule is CCC(Cn1ccnc1-c1ccc2c(ccn2C)c1)N1CCOCC1. The van der Waals surface area contributed by atoms with E-state index in [1.165, 1.54) is 16.5 Å². The van der Waals surface area contributed by atoms with E-state index in [0.717, 1.165) is 45.1 Å². The summed E-state index contributed by atoms with van der Waals surface area (Å²) in [5.74, 6) is 1.05. The maximum absolute atomic E-state index is 5.50. The van der Waals surface area contributed by atoms with Crippen LogP contribution in [0.4, 0.5) is 0 Å². The smallest absolute Gasteiger partial charge is 0.139 e. The van der Waals surface area contributed by atoms with Crippen molar-refractivity contribution in [1.82, 2.24) is 19.0 Å². The third kappa shape index (κ3) is 3.22. The Hall–Kier alpha value is -2.11. The molecule has 1 aliphatic heterocycles. The Bertz CT molecular complexity index is 844. The van der Waals surface area contributed by atoms with Gasteiger partial charge in [0.05, 0.1) is 13.2 Å². The van der Waals surface area contributed by atoms with Crippen LogP contribution in [0.3, 0.4) is 0 Å². The van der Waals surface area contributed by atoms with Gasteiger partial charge in [0.15, 0.2) is 0 Å². The number of imidazole rings is 1. The van der Waals surface area contributed by atoms with Crippen LogP contribution in [-0.4, -0.2) is 51.4 Å².